The van der Waals surface area contributed by atoms with Gasteiger partial charge in [0, 0.05) is 27.6 Å². The molecule has 6 rings (SSSR count). The first kappa shape index (κ1) is 25.8. The third kappa shape index (κ3) is 4.37. The lowest BCUT2D eigenvalue weighted by Gasteiger charge is -2.24. The SMILES string of the molecule is N#Cc1cccc(-c2nc3cc(-c4c(F)cc(C#N)cc4F)ccc3c3c2C=C(c2ccccc2)C(=NS)C3=N)c1. The van der Waals surface area contributed by atoms with Crippen LogP contribution in [0.15, 0.2) is 89.3 Å². The highest BCUT2D eigenvalue weighted by molar-refractivity contribution is 7.79. The fraction of sp³-hybridized carbons (Fsp3) is 0. The molecule has 0 radical (unpaired) electrons. The summed E-state index contributed by atoms with van der Waals surface area (Å²) in [6.45, 7) is 0. The van der Waals surface area contributed by atoms with Gasteiger partial charge in [0.05, 0.1) is 45.8 Å². The number of pyridine rings is 1. The van der Waals surface area contributed by atoms with Crippen molar-refractivity contribution in [1.82, 2.24) is 4.98 Å². The Balaban J connectivity index is 1.69. The van der Waals surface area contributed by atoms with Gasteiger partial charge in [-0.3, -0.25) is 5.41 Å². The lowest BCUT2D eigenvalue weighted by atomic mass is 9.82. The van der Waals surface area contributed by atoms with Crippen molar-refractivity contribution < 1.29 is 8.78 Å². The van der Waals surface area contributed by atoms with Gasteiger partial charge >= 0.3 is 0 Å². The van der Waals surface area contributed by atoms with Gasteiger partial charge in [-0.05, 0) is 60.3 Å². The van der Waals surface area contributed by atoms with Gasteiger partial charge in [-0.25, -0.2) is 18.2 Å². The molecule has 0 aliphatic heterocycles. The second-order valence-electron chi connectivity index (χ2n) is 9.35. The molecule has 4 aromatic carbocycles. The van der Waals surface area contributed by atoms with Crippen LogP contribution in [0.25, 0.3) is 44.9 Å². The quantitative estimate of drug-likeness (QED) is 0.223. The van der Waals surface area contributed by atoms with Crippen LogP contribution in [0.2, 0.25) is 0 Å². The Labute approximate surface area is 239 Å². The van der Waals surface area contributed by atoms with E-state index in [1.165, 1.54) is 0 Å². The molecular weight excluding hydrogens is 536 g/mol. The van der Waals surface area contributed by atoms with E-state index in [9.17, 15) is 19.5 Å². The van der Waals surface area contributed by atoms with Crippen LogP contribution < -0.4 is 0 Å². The highest BCUT2D eigenvalue weighted by Gasteiger charge is 2.29. The molecule has 0 bridgehead atoms. The average Bonchev–Trinajstić information content (AvgIpc) is 3.00. The molecule has 0 amide bonds. The van der Waals surface area contributed by atoms with Crippen molar-refractivity contribution in [2.45, 2.75) is 0 Å². The number of fused-ring (bicyclic) bond motifs is 3. The van der Waals surface area contributed by atoms with E-state index in [0.29, 0.717) is 50.1 Å². The number of hydrogen-bond acceptors (Lipinski definition) is 6. The molecule has 1 aromatic heterocycles. The standard InChI is InChI=1S/C33H17F2N5S/c34-26-12-19(17-37)13-27(35)29(26)21-9-10-23-28(14-21)39-32(22-8-4-5-18(11-22)16-36)25-15-24(20-6-2-1-3-7-20)33(40-41)31(38)30(23)25/h1-15,38,41H. The van der Waals surface area contributed by atoms with Crippen molar-refractivity contribution in [3.8, 4) is 34.5 Å². The van der Waals surface area contributed by atoms with E-state index in [2.05, 4.69) is 23.3 Å². The van der Waals surface area contributed by atoms with Gasteiger partial charge in [-0.15, -0.1) is 0 Å². The van der Waals surface area contributed by atoms with Crippen LogP contribution in [0, 0.1) is 39.7 Å². The van der Waals surface area contributed by atoms with Crippen LogP contribution in [0.4, 0.5) is 8.78 Å². The van der Waals surface area contributed by atoms with Gasteiger partial charge in [0.15, 0.2) is 0 Å². The summed E-state index contributed by atoms with van der Waals surface area (Å²) >= 11 is 4.19. The van der Waals surface area contributed by atoms with E-state index in [1.54, 1.807) is 42.5 Å². The summed E-state index contributed by atoms with van der Waals surface area (Å²) < 4.78 is 34.0. The lowest BCUT2D eigenvalue weighted by molar-refractivity contribution is 0.589. The molecular formula is C33H17F2N5S. The first-order valence-corrected chi connectivity index (χ1v) is 12.8. The fourth-order valence-corrected chi connectivity index (χ4v) is 5.33. The van der Waals surface area contributed by atoms with Crippen LogP contribution in [0.5, 0.6) is 0 Å². The first-order chi connectivity index (χ1) is 19.9. The third-order valence-corrected chi connectivity index (χ3v) is 7.16. The number of aromatic nitrogens is 1. The maximum absolute atomic E-state index is 14.9. The Kier molecular flexibility index (Phi) is 6.47. The molecule has 41 heavy (non-hydrogen) atoms. The largest absolute Gasteiger partial charge is 0.298 e. The van der Waals surface area contributed by atoms with Crippen molar-refractivity contribution in [1.29, 1.82) is 15.9 Å². The fourth-order valence-electron chi connectivity index (χ4n) is 5.12. The number of nitrogens with zero attached hydrogens (tertiary/aromatic N) is 4. The van der Waals surface area contributed by atoms with Crippen LogP contribution in [0.1, 0.15) is 27.8 Å². The van der Waals surface area contributed by atoms with Gasteiger partial charge in [-0.2, -0.15) is 10.5 Å². The Hall–Kier alpha value is -5.44. The molecule has 0 atom stereocenters. The predicted molar refractivity (Wildman–Crippen MR) is 160 cm³/mol. The zero-order chi connectivity index (χ0) is 28.7. The van der Waals surface area contributed by atoms with Crippen molar-refractivity contribution in [2.75, 3.05) is 0 Å². The van der Waals surface area contributed by atoms with Crippen molar-refractivity contribution in [2.24, 2.45) is 4.40 Å². The molecule has 0 saturated carbocycles. The predicted octanol–water partition coefficient (Wildman–Crippen LogP) is 7.80. The Morgan fingerprint density at radius 2 is 1.46 bits per heavy atom. The summed E-state index contributed by atoms with van der Waals surface area (Å²) in [5, 5.41) is 28.4. The molecule has 194 valence electrons. The highest BCUT2D eigenvalue weighted by atomic mass is 32.1. The summed E-state index contributed by atoms with van der Waals surface area (Å²) in [5.74, 6) is -1.73. The minimum absolute atomic E-state index is 0.116. The van der Waals surface area contributed by atoms with Gasteiger partial charge in [0.1, 0.15) is 17.3 Å². The number of benzene rings is 4. The highest BCUT2D eigenvalue weighted by Crippen LogP contribution is 2.40. The molecule has 1 aliphatic carbocycles. The Morgan fingerprint density at radius 1 is 0.756 bits per heavy atom. The minimum atomic E-state index is -0.867. The van der Waals surface area contributed by atoms with E-state index in [0.717, 1.165) is 17.7 Å². The van der Waals surface area contributed by atoms with E-state index in [-0.39, 0.29) is 22.4 Å². The van der Waals surface area contributed by atoms with Crippen molar-refractivity contribution in [3.05, 3.63) is 124 Å². The Morgan fingerprint density at radius 3 is 2.15 bits per heavy atom. The Bertz CT molecular complexity index is 2050. The molecule has 1 N–H and O–H groups in total. The molecule has 8 heteroatoms. The van der Waals surface area contributed by atoms with Crippen LogP contribution >= 0.6 is 12.8 Å². The van der Waals surface area contributed by atoms with Gasteiger partial charge in [0.2, 0.25) is 0 Å². The molecule has 0 saturated heterocycles. The van der Waals surface area contributed by atoms with Crippen molar-refractivity contribution in [3.63, 3.8) is 0 Å². The number of nitriles is 2. The van der Waals surface area contributed by atoms with Crippen LogP contribution in [-0.4, -0.2) is 16.4 Å². The number of halogens is 2. The minimum Gasteiger partial charge on any atom is -0.298 e. The zero-order valence-electron chi connectivity index (χ0n) is 21.2. The second-order valence-corrected chi connectivity index (χ2v) is 9.55. The number of hydrogen-bond donors (Lipinski definition) is 2. The van der Waals surface area contributed by atoms with Crippen LogP contribution in [0.3, 0.4) is 0 Å². The van der Waals surface area contributed by atoms with E-state index < -0.39 is 11.6 Å². The van der Waals surface area contributed by atoms with Gasteiger partial charge in [0.25, 0.3) is 0 Å². The molecule has 5 aromatic rings. The monoisotopic (exact) mass is 553 g/mol. The summed E-state index contributed by atoms with van der Waals surface area (Å²) in [6.07, 6.45) is 1.91. The van der Waals surface area contributed by atoms with Gasteiger partial charge in [-0.1, -0.05) is 54.6 Å². The average molecular weight is 554 g/mol. The van der Waals surface area contributed by atoms with Gasteiger partial charge < -0.3 is 0 Å². The van der Waals surface area contributed by atoms with E-state index in [1.807, 2.05) is 42.5 Å². The maximum Gasteiger partial charge on any atom is 0.135 e. The molecule has 1 heterocycles. The summed E-state index contributed by atoms with van der Waals surface area (Å²) in [7, 11) is 0. The van der Waals surface area contributed by atoms with Crippen molar-refractivity contribution >= 4 is 46.8 Å². The first-order valence-electron chi connectivity index (χ1n) is 12.4. The molecule has 0 fully saturated rings. The smallest absolute Gasteiger partial charge is 0.135 e. The second kappa shape index (κ2) is 10.3. The maximum atomic E-state index is 14.9. The summed E-state index contributed by atoms with van der Waals surface area (Å²) in [6, 6.07) is 27.2. The van der Waals surface area contributed by atoms with E-state index >= 15 is 0 Å². The number of nitrogens with one attached hydrogen (secondary N) is 1. The normalized spacial score (nSPS) is 13.4. The molecule has 0 unspecified atom stereocenters. The summed E-state index contributed by atoms with van der Waals surface area (Å²) in [5.41, 5.74) is 5.00. The van der Waals surface area contributed by atoms with Crippen LogP contribution in [-0.2, 0) is 0 Å². The molecule has 0 spiro atoms. The summed E-state index contributed by atoms with van der Waals surface area (Å²) in [4.78, 5) is 4.92. The third-order valence-electron chi connectivity index (χ3n) is 6.96. The lowest BCUT2D eigenvalue weighted by Crippen LogP contribution is -2.22. The number of thiol groups is 1. The number of rotatable bonds is 3. The number of allylic oxidation sites excluding steroid dienone is 1. The topological polar surface area (TPSA) is 96.7 Å². The zero-order valence-corrected chi connectivity index (χ0v) is 22.0. The molecule has 1 aliphatic rings. The molecule has 5 nitrogen and oxygen atoms in total. The van der Waals surface area contributed by atoms with E-state index in [4.69, 9.17) is 10.2 Å².